The van der Waals surface area contributed by atoms with Crippen LogP contribution in [0.15, 0.2) is 204 Å². The van der Waals surface area contributed by atoms with Crippen LogP contribution < -0.4 is 50.1 Å². The number of halogens is 10. The van der Waals surface area contributed by atoms with Crippen molar-refractivity contribution in [3.05, 3.63) is 278 Å². The molecule has 2 atom stereocenters. The van der Waals surface area contributed by atoms with Crippen molar-refractivity contribution >= 4 is 108 Å². The van der Waals surface area contributed by atoms with E-state index in [1.807, 2.05) is 53.7 Å². The molecule has 1 aliphatic heterocycles. The number of aliphatic carboxylic acids is 1. The van der Waals surface area contributed by atoms with Crippen LogP contribution in [0.4, 0.5) is 35.1 Å². The summed E-state index contributed by atoms with van der Waals surface area (Å²) in [7, 11) is -36.2. The van der Waals surface area contributed by atoms with E-state index < -0.39 is 135 Å². The Bertz CT molecular complexity index is 5970. The molecule has 0 fully saturated rings. The molecule has 9 aromatic rings. The summed E-state index contributed by atoms with van der Waals surface area (Å²) in [5.41, 5.74) is 4.86. The first kappa shape index (κ1) is 117. The number of hydrogen-bond donors (Lipinski definition) is 0. The third-order valence-electron chi connectivity index (χ3n) is 16.2. The molecule has 0 N–H and O–H groups in total. The third-order valence-corrected chi connectivity index (χ3v) is 26.8. The van der Waals surface area contributed by atoms with Crippen molar-refractivity contribution in [2.75, 3.05) is 0 Å². The summed E-state index contributed by atoms with van der Waals surface area (Å²) in [6.07, 6.45) is 0. The normalized spacial score (nSPS) is 13.3. The van der Waals surface area contributed by atoms with Gasteiger partial charge in [-0.05, 0) is 156 Å². The zero-order chi connectivity index (χ0) is 99.2. The maximum atomic E-state index is 12.6. The molecule has 9 aromatic carbocycles. The number of carboxylic acid groups (broad SMARTS) is 1. The fourth-order valence-electron chi connectivity index (χ4n) is 10.6. The van der Waals surface area contributed by atoms with Gasteiger partial charge < -0.3 is 42.3 Å². The Morgan fingerprint density at radius 1 is 0.441 bits per heavy atom. The van der Waals surface area contributed by atoms with E-state index in [2.05, 4.69) is 120 Å². The molecule has 46 heteroatoms. The van der Waals surface area contributed by atoms with Crippen LogP contribution in [0.3, 0.4) is 0 Å². The van der Waals surface area contributed by atoms with Crippen LogP contribution in [-0.4, -0.2) is 101 Å². The molecule has 704 valence electrons. The second-order valence-electron chi connectivity index (χ2n) is 29.7. The number of sulfonamides is 1. The number of Topliss-reactive ketones (excluding diaryl/α,β-unsaturated/α-hetero) is 1. The van der Waals surface area contributed by atoms with Gasteiger partial charge in [-0.15, -0.1) is 10.2 Å². The average molecular weight is 2090 g/mol. The van der Waals surface area contributed by atoms with Gasteiger partial charge in [-0.1, -0.05) is 156 Å². The summed E-state index contributed by atoms with van der Waals surface area (Å²) in [5.74, 6) is -15.5. The summed E-state index contributed by atoms with van der Waals surface area (Å²) in [6.45, 7) is 36.1. The molecule has 2 unspecified atom stereocenters. The number of aryl methyl sites for hydroxylation is 6. The molecule has 0 aliphatic carbocycles. The molecular weight excluding hydrogens is 2010 g/mol. The first-order chi connectivity index (χ1) is 57.2. The van der Waals surface area contributed by atoms with Crippen molar-refractivity contribution in [1.29, 1.82) is 0 Å². The molecule has 1 aliphatic rings. The molecule has 0 spiro atoms. The van der Waals surface area contributed by atoms with Crippen molar-refractivity contribution in [1.82, 2.24) is 0 Å². The number of alkyl halides is 3. The number of benzene rings is 9. The summed E-state index contributed by atoms with van der Waals surface area (Å²) < 4.78 is 324. The largest absolute Gasteiger partial charge is 0.858 e. The van der Waals surface area contributed by atoms with Crippen molar-refractivity contribution in [3.63, 3.8) is 0 Å². The number of fused-ring (bicyclic) bond motifs is 1. The van der Waals surface area contributed by atoms with Gasteiger partial charge in [0, 0.05) is 26.8 Å². The van der Waals surface area contributed by atoms with E-state index in [1.54, 1.807) is 100 Å². The van der Waals surface area contributed by atoms with E-state index in [0.717, 1.165) is 22.3 Å². The summed E-state index contributed by atoms with van der Waals surface area (Å²) >= 11 is 8.90. The molecule has 0 radical (unpaired) electrons. The van der Waals surface area contributed by atoms with E-state index >= 15 is 0 Å². The van der Waals surface area contributed by atoms with Gasteiger partial charge in [-0.3, -0.25) is 13.2 Å². The van der Waals surface area contributed by atoms with Crippen LogP contribution in [0.5, 0.6) is 0 Å². The fraction of sp³-hybridized carbons (Fsp3) is 0.296. The first-order valence-electron chi connectivity index (χ1n) is 35.8. The molecule has 10 rings (SSSR count). The number of nitrogens with zero attached hydrogens (tertiary/aromatic N) is 1. The minimum Gasteiger partial charge on any atom is -0.858 e. The number of rotatable bonds is 12. The molecular formula is C81H85ClF8INO26S9-10. The minimum absolute atomic E-state index is 0.00926. The van der Waals surface area contributed by atoms with Crippen molar-refractivity contribution < 1.29 is 183 Å². The minimum atomic E-state index is -6.09. The van der Waals surface area contributed by atoms with Crippen LogP contribution in [0.1, 0.15) is 178 Å². The van der Waals surface area contributed by atoms with E-state index in [1.165, 1.54) is 60.2 Å². The van der Waals surface area contributed by atoms with Gasteiger partial charge in [0.15, 0.2) is 33.4 Å². The smallest absolute Gasteiger partial charge is 0.485 e. The number of ketones is 1. The van der Waals surface area contributed by atoms with Gasteiger partial charge >= 0.3 is 146 Å². The van der Waals surface area contributed by atoms with Gasteiger partial charge in [0.2, 0.25) is 11.6 Å². The second kappa shape index (κ2) is 47.8. The molecule has 1 heterocycles. The van der Waals surface area contributed by atoms with E-state index in [9.17, 15) is 120 Å². The van der Waals surface area contributed by atoms with Crippen LogP contribution in [0, 0.1) is 88.0 Å². The summed E-state index contributed by atoms with van der Waals surface area (Å²) in [4.78, 5) is 18.7. The van der Waals surface area contributed by atoms with Gasteiger partial charge in [0.25, 0.3) is 10.0 Å². The molecule has 0 bridgehead atoms. The predicted molar refractivity (Wildman–Crippen MR) is 435 cm³/mol. The summed E-state index contributed by atoms with van der Waals surface area (Å²) in [6, 6.07) is 50.9. The Morgan fingerprint density at radius 2 is 0.740 bits per heavy atom. The average Bonchev–Trinajstić information content (AvgIpc) is 1.28. The van der Waals surface area contributed by atoms with Gasteiger partial charge in [-0.2, -0.15) is 26.0 Å². The van der Waals surface area contributed by atoms with E-state index in [0.29, 0.717) is 33.1 Å². The Morgan fingerprint density at radius 3 is 0.992 bits per heavy atom. The molecule has 27 nitrogen and oxygen atoms in total. The van der Waals surface area contributed by atoms with Crippen LogP contribution in [0.25, 0.3) is 0 Å². The van der Waals surface area contributed by atoms with Crippen molar-refractivity contribution in [3.8, 4) is 0 Å². The predicted octanol–water partition coefficient (Wildman–Crippen LogP) is 6.35. The third kappa shape index (κ3) is 39.4. The van der Waals surface area contributed by atoms with E-state index in [-0.39, 0.29) is 74.6 Å². The number of carbonyl (C=O) groups excluding carboxylic acids is 2. The van der Waals surface area contributed by atoms with Gasteiger partial charge in [0.1, 0.15) is 41.2 Å². The summed E-state index contributed by atoms with van der Waals surface area (Å²) in [5, 5.41) is 21.0. The van der Waals surface area contributed by atoms with Gasteiger partial charge in [0.05, 0.1) is 14.7 Å². The SMILES string of the molecule is CC(C)(C)c1ccc([I-]c2ccc(C(C)(C)C)cc2)cc1.CC(C)c1cc(C(C)C)c(S(=O)([O-])=S)c(C(C)C)c1.Cc1cc(C)c(S(=O)(=O)[O-])c(C)c1.Cc1cc(C)c(S(=O)(=O)[O-])c(C)c1.O=C([O-])C(=O)c1ccccc1.O=S(=O)([O-])C(F)(F)F.O=S(=O)([O-])c1c(F)c(F)c(F)c(F)c1F.O=S([O-])(=S)c1ccccc1.O=S1(=O)N=C([O-])c2ccccc21.[O-][Cl+3]([O-])([O-])[O-]. The Labute approximate surface area is 755 Å². The number of carboxylic acids is 1. The quantitative estimate of drug-likeness (QED) is 0.0188. The number of carbonyl (C=O) groups is 2. The molecule has 0 aromatic heterocycles. The Hall–Kier alpha value is -7.86. The van der Waals surface area contributed by atoms with Crippen molar-refractivity contribution in [2.24, 2.45) is 4.40 Å². The topological polar surface area (TPSA) is 528 Å². The zero-order valence-corrected chi connectivity index (χ0v) is 80.7. The van der Waals surface area contributed by atoms with Gasteiger partial charge in [-0.25, -0.2) is 74.3 Å². The molecule has 127 heavy (non-hydrogen) atoms. The standard InChI is InChI=1S/C20H26I.C15H24O2S2.2C9H12O3S.C8H6O3.C7H5NO3S.C6HF5O3S.C6H6O2S2.CHF3O3S.ClHO4/c1-19(2,3)15-7-11-17(12-8-15)21-18-13-9-16(10-14-18)20(4,5)6;1-9(2)12-7-13(10(3)4)15(19(16,17)18)14(8-12)11(5)6;2*1-6-4-7(2)9(8(3)5-6)13(10,11)12;9-7(8(10)11)6-4-2-1-3-5-6;9-7-5-3-1-2-4-6(5)12(10,11)8-7;7-1-2(8)4(10)6(15(12,13)14)5(11)3(1)9;7-10(8,9)6-4-2-1-3-5-6;2-1(3,4)8(5,6)7;2-1(3,4)5/h7-14H,1-6H3;7-11H,1-6H3,(H,16,17,18);2*4-5H,1-3H3,(H,10,11,12);1-5H,(H,10,11);1-4H,(H,8,9);(H,12,13,14);1-5H,(H,7,8,9);(H,5,6,7);(H,2,3,4,5)/q-1;;;;;;;;;/p-9. The molecule has 0 saturated carbocycles. The second-order valence-corrected chi connectivity index (χ2v) is 45.7. The maximum absolute atomic E-state index is 12.6. The van der Waals surface area contributed by atoms with Crippen LogP contribution in [-0.2, 0) is 106 Å². The van der Waals surface area contributed by atoms with Crippen molar-refractivity contribution in [2.45, 2.75) is 188 Å². The first-order valence-corrected chi connectivity index (χ1v) is 51.1. The fourth-order valence-corrected chi connectivity index (χ4v) is 18.9. The van der Waals surface area contributed by atoms with E-state index in [4.69, 9.17) is 42.8 Å². The Kier molecular flexibility index (Phi) is 44.1. The monoisotopic (exact) mass is 2090 g/mol. The van der Waals surface area contributed by atoms with Crippen LogP contribution >= 0.6 is 0 Å². The molecule has 0 saturated heterocycles. The Balaban J connectivity index is 0.000000718. The number of hydrogen-bond acceptors (Lipinski definition) is 28. The molecule has 0 amide bonds. The van der Waals surface area contributed by atoms with Crippen LogP contribution in [0.2, 0.25) is 0 Å². The zero-order valence-electron chi connectivity index (χ0n) is 70.4. The maximum Gasteiger partial charge on any atom is 0.485 e.